The molecule has 2 aliphatic carbocycles. The molecule has 3 heteroatoms. The maximum Gasteiger partial charge on any atom is 0.316 e. The molecule has 0 spiro atoms. The van der Waals surface area contributed by atoms with E-state index in [1.54, 1.807) is 11.8 Å². The fraction of sp³-hybridized carbons (Fsp3) is 0.933. The second-order valence-corrected chi connectivity index (χ2v) is 8.51. The summed E-state index contributed by atoms with van der Waals surface area (Å²) in [7, 11) is 0. The molecule has 2 nitrogen and oxygen atoms in total. The summed E-state index contributed by atoms with van der Waals surface area (Å²) in [5, 5.41) is 0.490. The van der Waals surface area contributed by atoms with E-state index in [-0.39, 0.29) is 17.5 Å². The van der Waals surface area contributed by atoms with Crippen molar-refractivity contribution < 1.29 is 9.53 Å². The van der Waals surface area contributed by atoms with Gasteiger partial charge in [0.05, 0.1) is 5.75 Å². The summed E-state index contributed by atoms with van der Waals surface area (Å²) >= 11 is 1.67. The van der Waals surface area contributed by atoms with Crippen LogP contribution < -0.4 is 0 Å². The molecule has 0 saturated heterocycles. The van der Waals surface area contributed by atoms with E-state index < -0.39 is 0 Å². The molecule has 0 radical (unpaired) electrons. The zero-order chi connectivity index (χ0) is 13.6. The van der Waals surface area contributed by atoms with Gasteiger partial charge in [0.15, 0.2) is 0 Å². The molecular weight excluding hydrogens is 244 g/mol. The second-order valence-electron chi connectivity index (χ2n) is 6.95. The lowest BCUT2D eigenvalue weighted by atomic mass is 9.70. The summed E-state index contributed by atoms with van der Waals surface area (Å²) in [6, 6.07) is 0. The number of carbonyl (C=O) groups excluding carboxylic acids is 1. The molecule has 104 valence electrons. The molecule has 0 aromatic heterocycles. The van der Waals surface area contributed by atoms with Crippen molar-refractivity contribution in [2.24, 2.45) is 16.7 Å². The lowest BCUT2D eigenvalue weighted by Crippen LogP contribution is -2.38. The minimum atomic E-state index is -0.0247. The highest BCUT2D eigenvalue weighted by atomic mass is 32.2. The van der Waals surface area contributed by atoms with Gasteiger partial charge < -0.3 is 4.74 Å². The first-order valence-corrected chi connectivity index (χ1v) is 8.13. The Labute approximate surface area is 115 Å². The van der Waals surface area contributed by atoms with Gasteiger partial charge in [0, 0.05) is 5.41 Å². The highest BCUT2D eigenvalue weighted by Gasteiger charge is 2.62. The zero-order valence-corrected chi connectivity index (χ0v) is 13.1. The van der Waals surface area contributed by atoms with Crippen LogP contribution >= 0.6 is 11.8 Å². The van der Waals surface area contributed by atoms with Crippen LogP contribution in [0.4, 0.5) is 0 Å². The molecule has 0 aromatic rings. The SMILES string of the molecule is CC(C)SCC(=O)OC1CC2CCC1(C)C2(C)C. The van der Waals surface area contributed by atoms with Crippen molar-refractivity contribution in [1.29, 1.82) is 0 Å². The third-order valence-electron chi connectivity index (χ3n) is 5.52. The minimum Gasteiger partial charge on any atom is -0.461 e. The first-order chi connectivity index (χ1) is 8.27. The van der Waals surface area contributed by atoms with E-state index in [1.807, 2.05) is 0 Å². The Kier molecular flexibility index (Phi) is 3.74. The number of ether oxygens (including phenoxy) is 1. The molecule has 18 heavy (non-hydrogen) atoms. The van der Waals surface area contributed by atoms with Crippen LogP contribution in [-0.2, 0) is 9.53 Å². The fourth-order valence-electron chi connectivity index (χ4n) is 3.74. The zero-order valence-electron chi connectivity index (χ0n) is 12.3. The Hall–Kier alpha value is -0.180. The summed E-state index contributed by atoms with van der Waals surface area (Å²) < 4.78 is 5.77. The third kappa shape index (κ3) is 2.19. The average Bonchev–Trinajstić information content (AvgIpc) is 2.59. The lowest BCUT2D eigenvalue weighted by molar-refractivity contribution is -0.153. The normalized spacial score (nSPS) is 37.2. The van der Waals surface area contributed by atoms with Crippen molar-refractivity contribution in [2.45, 2.75) is 65.2 Å². The molecular formula is C15H26O2S. The van der Waals surface area contributed by atoms with Gasteiger partial charge >= 0.3 is 5.97 Å². The van der Waals surface area contributed by atoms with E-state index in [2.05, 4.69) is 34.6 Å². The van der Waals surface area contributed by atoms with Crippen LogP contribution in [0, 0.1) is 16.7 Å². The highest BCUT2D eigenvalue weighted by Crippen LogP contribution is 2.66. The summed E-state index contributed by atoms with van der Waals surface area (Å²) in [5.41, 5.74) is 0.513. The van der Waals surface area contributed by atoms with Crippen LogP contribution in [0.15, 0.2) is 0 Å². The van der Waals surface area contributed by atoms with Gasteiger partial charge in [0.2, 0.25) is 0 Å². The van der Waals surface area contributed by atoms with Crippen LogP contribution in [0.5, 0.6) is 0 Å². The topological polar surface area (TPSA) is 26.3 Å². The van der Waals surface area contributed by atoms with Crippen LogP contribution in [0.25, 0.3) is 0 Å². The Morgan fingerprint density at radius 3 is 2.50 bits per heavy atom. The highest BCUT2D eigenvalue weighted by molar-refractivity contribution is 8.00. The van der Waals surface area contributed by atoms with Crippen molar-refractivity contribution in [1.82, 2.24) is 0 Å². The third-order valence-corrected chi connectivity index (χ3v) is 6.59. The van der Waals surface area contributed by atoms with Gasteiger partial charge in [0.25, 0.3) is 0 Å². The lowest BCUT2D eigenvalue weighted by Gasteiger charge is -2.38. The Morgan fingerprint density at radius 2 is 2.06 bits per heavy atom. The van der Waals surface area contributed by atoms with Crippen molar-refractivity contribution >= 4 is 17.7 Å². The average molecular weight is 270 g/mol. The van der Waals surface area contributed by atoms with Crippen molar-refractivity contribution in [3.63, 3.8) is 0 Å². The largest absolute Gasteiger partial charge is 0.461 e. The first kappa shape index (κ1) is 14.2. The van der Waals surface area contributed by atoms with E-state index in [4.69, 9.17) is 4.74 Å². The summed E-state index contributed by atoms with van der Waals surface area (Å²) in [6.07, 6.45) is 3.73. The van der Waals surface area contributed by atoms with Gasteiger partial charge in [-0.25, -0.2) is 0 Å². The number of rotatable bonds is 4. The van der Waals surface area contributed by atoms with Crippen LogP contribution in [-0.4, -0.2) is 23.1 Å². The number of hydrogen-bond donors (Lipinski definition) is 0. The standard InChI is InChI=1S/C15H26O2S/c1-10(2)18-9-13(16)17-12-8-11-6-7-15(12,5)14(11,3)4/h10-12H,6-9H2,1-5H3. The molecule has 2 saturated carbocycles. The smallest absolute Gasteiger partial charge is 0.316 e. The van der Waals surface area contributed by atoms with Gasteiger partial charge in [-0.2, -0.15) is 0 Å². The van der Waals surface area contributed by atoms with Crippen molar-refractivity contribution in [3.05, 3.63) is 0 Å². The van der Waals surface area contributed by atoms with E-state index in [0.29, 0.717) is 16.4 Å². The van der Waals surface area contributed by atoms with Gasteiger partial charge in [-0.1, -0.05) is 34.6 Å². The molecule has 2 aliphatic rings. The molecule has 3 unspecified atom stereocenters. The van der Waals surface area contributed by atoms with E-state index >= 15 is 0 Å². The second kappa shape index (κ2) is 4.73. The van der Waals surface area contributed by atoms with Gasteiger partial charge in [-0.15, -0.1) is 11.8 Å². The molecule has 2 fully saturated rings. The minimum absolute atomic E-state index is 0.0247. The quantitative estimate of drug-likeness (QED) is 0.725. The molecule has 3 atom stereocenters. The van der Waals surface area contributed by atoms with Crippen LogP contribution in [0.2, 0.25) is 0 Å². The maximum absolute atomic E-state index is 11.9. The predicted molar refractivity (Wildman–Crippen MR) is 76.7 cm³/mol. The molecule has 2 rings (SSSR count). The Morgan fingerprint density at radius 1 is 1.39 bits per heavy atom. The fourth-order valence-corrected chi connectivity index (χ4v) is 4.27. The molecule has 0 N–H and O–H groups in total. The van der Waals surface area contributed by atoms with Crippen molar-refractivity contribution in [3.8, 4) is 0 Å². The van der Waals surface area contributed by atoms with E-state index in [9.17, 15) is 4.79 Å². The van der Waals surface area contributed by atoms with Gasteiger partial charge in [0.1, 0.15) is 6.10 Å². The summed E-state index contributed by atoms with van der Waals surface area (Å²) in [5.74, 6) is 1.20. The Balaban J connectivity index is 1.94. The number of hydrogen-bond acceptors (Lipinski definition) is 3. The van der Waals surface area contributed by atoms with Gasteiger partial charge in [-0.05, 0) is 35.8 Å². The molecule has 0 amide bonds. The summed E-state index contributed by atoms with van der Waals surface area (Å²) in [4.78, 5) is 11.9. The number of esters is 1. The summed E-state index contributed by atoms with van der Waals surface area (Å²) in [6.45, 7) is 11.2. The molecule has 0 aliphatic heterocycles. The van der Waals surface area contributed by atoms with E-state index in [0.717, 1.165) is 12.3 Å². The number of thioether (sulfide) groups is 1. The molecule has 0 heterocycles. The Bertz CT molecular complexity index is 337. The predicted octanol–water partition coefficient (Wildman–Crippen LogP) is 3.89. The number of fused-ring (bicyclic) bond motifs is 2. The monoisotopic (exact) mass is 270 g/mol. The number of carbonyl (C=O) groups is 1. The van der Waals surface area contributed by atoms with Gasteiger partial charge in [-0.3, -0.25) is 4.79 Å². The molecule has 2 bridgehead atoms. The first-order valence-electron chi connectivity index (χ1n) is 7.08. The molecule has 0 aromatic carbocycles. The van der Waals surface area contributed by atoms with Crippen LogP contribution in [0.3, 0.4) is 0 Å². The van der Waals surface area contributed by atoms with Crippen LogP contribution in [0.1, 0.15) is 53.9 Å². The van der Waals surface area contributed by atoms with Crippen molar-refractivity contribution in [2.75, 3.05) is 5.75 Å². The van der Waals surface area contributed by atoms with E-state index in [1.165, 1.54) is 12.8 Å². The maximum atomic E-state index is 11.9.